The van der Waals surface area contributed by atoms with Crippen LogP contribution in [0.25, 0.3) is 0 Å². The molecule has 0 aromatic carbocycles. The molecule has 1 aliphatic carbocycles. The van der Waals surface area contributed by atoms with Gasteiger partial charge in [-0.25, -0.2) is 4.79 Å². The molecule has 0 aromatic heterocycles. The van der Waals surface area contributed by atoms with Gasteiger partial charge in [-0.3, -0.25) is 0 Å². The molecule has 1 aliphatic rings. The number of hydrogen-bond donors (Lipinski definition) is 0. The summed E-state index contributed by atoms with van der Waals surface area (Å²) in [6, 6.07) is 3.89. The van der Waals surface area contributed by atoms with E-state index in [-0.39, 0.29) is 19.1 Å². The lowest BCUT2D eigenvalue weighted by Gasteiger charge is -2.15. The van der Waals surface area contributed by atoms with E-state index in [1.165, 1.54) is 6.08 Å². The number of carbonyl (C=O) groups is 1. The summed E-state index contributed by atoms with van der Waals surface area (Å²) in [5, 5.41) is 17.6. The number of nitrogens with zero attached hydrogens (tertiary/aromatic N) is 2. The van der Waals surface area contributed by atoms with Crippen LogP contribution in [-0.2, 0) is 9.47 Å². The lowest BCUT2D eigenvalue weighted by Crippen LogP contribution is -2.15. The maximum Gasteiger partial charge on any atom is 0.508 e. The molecule has 0 radical (unpaired) electrons. The first-order valence-corrected chi connectivity index (χ1v) is 5.34. The van der Waals surface area contributed by atoms with Gasteiger partial charge in [-0.05, 0) is 6.42 Å². The zero-order valence-corrected chi connectivity index (χ0v) is 9.76. The topological polar surface area (TPSA) is 83.1 Å². The molecule has 0 saturated heterocycles. The molecule has 0 N–H and O–H groups in total. The van der Waals surface area contributed by atoms with Crippen molar-refractivity contribution in [1.82, 2.24) is 0 Å². The van der Waals surface area contributed by atoms with Crippen LogP contribution in [0.1, 0.15) is 6.42 Å². The fourth-order valence-electron chi connectivity index (χ4n) is 1.44. The van der Waals surface area contributed by atoms with E-state index in [2.05, 4.69) is 11.3 Å². The lowest BCUT2D eigenvalue weighted by molar-refractivity contribution is 0.0561. The molecule has 1 unspecified atom stereocenters. The Morgan fingerprint density at radius 3 is 2.78 bits per heavy atom. The second-order valence-electron chi connectivity index (χ2n) is 3.58. The molecule has 5 heteroatoms. The highest BCUT2D eigenvalue weighted by Gasteiger charge is 2.17. The predicted octanol–water partition coefficient (Wildman–Crippen LogP) is 2.25. The van der Waals surface area contributed by atoms with Gasteiger partial charge in [-0.2, -0.15) is 10.5 Å². The van der Waals surface area contributed by atoms with Crippen LogP contribution >= 0.6 is 0 Å². The van der Waals surface area contributed by atoms with Crippen molar-refractivity contribution in [3.8, 4) is 12.1 Å². The van der Waals surface area contributed by atoms with Crippen molar-refractivity contribution in [3.05, 3.63) is 36.0 Å². The summed E-state index contributed by atoms with van der Waals surface area (Å²) in [5.41, 5.74) is 0.680. The molecule has 0 fully saturated rings. The molecular formula is C13H12N2O3. The van der Waals surface area contributed by atoms with E-state index in [0.29, 0.717) is 17.6 Å². The third-order valence-electron chi connectivity index (χ3n) is 2.29. The first-order valence-electron chi connectivity index (χ1n) is 5.34. The van der Waals surface area contributed by atoms with Crippen molar-refractivity contribution in [2.75, 3.05) is 13.2 Å². The van der Waals surface area contributed by atoms with Gasteiger partial charge in [0.2, 0.25) is 0 Å². The minimum absolute atomic E-state index is 0.0985. The van der Waals surface area contributed by atoms with Crippen molar-refractivity contribution in [2.24, 2.45) is 5.92 Å². The Hall–Kier alpha value is -2.53. The SMILES string of the molecule is C=CCOC(=O)OCC1C=C(C#N)C(C#N)=CC1. The smallest absolute Gasteiger partial charge is 0.434 e. The first kappa shape index (κ1) is 13.5. The number of allylic oxidation sites excluding steroid dienone is 3. The molecule has 1 atom stereocenters. The highest BCUT2D eigenvalue weighted by Crippen LogP contribution is 2.22. The molecule has 18 heavy (non-hydrogen) atoms. The number of nitriles is 2. The highest BCUT2D eigenvalue weighted by molar-refractivity contribution is 5.60. The second-order valence-corrected chi connectivity index (χ2v) is 3.58. The van der Waals surface area contributed by atoms with Crippen LogP contribution in [0.3, 0.4) is 0 Å². The average Bonchev–Trinajstić information content (AvgIpc) is 2.42. The van der Waals surface area contributed by atoms with E-state index >= 15 is 0 Å². The summed E-state index contributed by atoms with van der Waals surface area (Å²) < 4.78 is 9.52. The van der Waals surface area contributed by atoms with Crippen molar-refractivity contribution >= 4 is 6.16 Å². The molecule has 0 saturated carbocycles. The van der Waals surface area contributed by atoms with Crippen LogP contribution in [-0.4, -0.2) is 19.4 Å². The maximum atomic E-state index is 11.1. The minimum Gasteiger partial charge on any atom is -0.434 e. The molecule has 0 aliphatic heterocycles. The van der Waals surface area contributed by atoms with Crippen molar-refractivity contribution in [1.29, 1.82) is 10.5 Å². The van der Waals surface area contributed by atoms with Gasteiger partial charge in [0.05, 0.1) is 11.1 Å². The first-order chi connectivity index (χ1) is 8.71. The number of rotatable bonds is 4. The zero-order chi connectivity index (χ0) is 13.4. The fourth-order valence-corrected chi connectivity index (χ4v) is 1.44. The van der Waals surface area contributed by atoms with Crippen molar-refractivity contribution < 1.29 is 14.3 Å². The van der Waals surface area contributed by atoms with Crippen LogP contribution < -0.4 is 0 Å². The Morgan fingerprint density at radius 2 is 2.17 bits per heavy atom. The molecule has 1 rings (SSSR count). The van der Waals surface area contributed by atoms with Gasteiger partial charge in [0.15, 0.2) is 0 Å². The molecular weight excluding hydrogens is 232 g/mol. The lowest BCUT2D eigenvalue weighted by atomic mass is 9.92. The molecule has 0 spiro atoms. The van der Waals surface area contributed by atoms with Crippen LogP contribution in [0.5, 0.6) is 0 Å². The third-order valence-corrected chi connectivity index (χ3v) is 2.29. The van der Waals surface area contributed by atoms with Crippen LogP contribution in [0, 0.1) is 28.6 Å². The van der Waals surface area contributed by atoms with Crippen LogP contribution in [0.2, 0.25) is 0 Å². The fraction of sp³-hybridized carbons (Fsp3) is 0.308. The maximum absolute atomic E-state index is 11.1. The molecule has 0 heterocycles. The normalized spacial score (nSPS) is 17.6. The number of hydrogen-bond acceptors (Lipinski definition) is 5. The standard InChI is InChI=1S/C13H12N2O3/c1-2-5-17-13(16)18-9-10-3-4-11(7-14)12(6-10)8-15/h2,4,6,10H,1,3,5,9H2. The largest absolute Gasteiger partial charge is 0.508 e. The number of ether oxygens (including phenoxy) is 2. The average molecular weight is 244 g/mol. The van der Waals surface area contributed by atoms with Crippen LogP contribution in [0.4, 0.5) is 4.79 Å². The van der Waals surface area contributed by atoms with E-state index in [1.807, 2.05) is 12.1 Å². The van der Waals surface area contributed by atoms with E-state index in [1.54, 1.807) is 12.2 Å². The van der Waals surface area contributed by atoms with Gasteiger partial charge in [-0.1, -0.05) is 24.8 Å². The van der Waals surface area contributed by atoms with Crippen molar-refractivity contribution in [2.45, 2.75) is 6.42 Å². The van der Waals surface area contributed by atoms with Gasteiger partial charge in [0.1, 0.15) is 25.4 Å². The van der Waals surface area contributed by atoms with Gasteiger partial charge in [-0.15, -0.1) is 0 Å². The minimum atomic E-state index is -0.767. The zero-order valence-electron chi connectivity index (χ0n) is 9.76. The summed E-state index contributed by atoms with van der Waals surface area (Å²) in [7, 11) is 0. The summed E-state index contributed by atoms with van der Waals surface area (Å²) in [6.07, 6.45) is 4.54. The van der Waals surface area contributed by atoms with E-state index in [9.17, 15) is 4.79 Å². The Morgan fingerprint density at radius 1 is 1.44 bits per heavy atom. The molecule has 0 aromatic rings. The van der Waals surface area contributed by atoms with E-state index < -0.39 is 6.16 Å². The van der Waals surface area contributed by atoms with Gasteiger partial charge >= 0.3 is 6.16 Å². The van der Waals surface area contributed by atoms with Gasteiger partial charge in [0.25, 0.3) is 0 Å². The second kappa shape index (κ2) is 6.93. The Kier molecular flexibility index (Phi) is 5.21. The Balaban J connectivity index is 2.48. The Labute approximate surface area is 105 Å². The summed E-state index contributed by atoms with van der Waals surface area (Å²) >= 11 is 0. The summed E-state index contributed by atoms with van der Waals surface area (Å²) in [5.74, 6) is -0.104. The number of carbonyl (C=O) groups excluding carboxylic acids is 1. The van der Waals surface area contributed by atoms with Crippen LogP contribution in [0.15, 0.2) is 36.0 Å². The molecule has 0 amide bonds. The quantitative estimate of drug-likeness (QED) is 0.559. The van der Waals surface area contributed by atoms with Crippen molar-refractivity contribution in [3.63, 3.8) is 0 Å². The third kappa shape index (κ3) is 3.80. The van der Waals surface area contributed by atoms with Gasteiger partial charge < -0.3 is 9.47 Å². The molecule has 5 nitrogen and oxygen atoms in total. The summed E-state index contributed by atoms with van der Waals surface area (Å²) in [6.45, 7) is 3.62. The Bertz CT molecular complexity index is 477. The highest BCUT2D eigenvalue weighted by atomic mass is 16.7. The van der Waals surface area contributed by atoms with E-state index in [0.717, 1.165) is 0 Å². The monoisotopic (exact) mass is 244 g/mol. The molecule has 92 valence electrons. The summed E-state index contributed by atoms with van der Waals surface area (Å²) in [4.78, 5) is 11.1. The van der Waals surface area contributed by atoms with Gasteiger partial charge in [0, 0.05) is 5.92 Å². The molecule has 0 bridgehead atoms. The predicted molar refractivity (Wildman–Crippen MR) is 63.0 cm³/mol. The van der Waals surface area contributed by atoms with E-state index in [4.69, 9.17) is 15.3 Å².